The smallest absolute Gasteiger partial charge is 0.475 e. The SMILES string of the molecule is Cc1ccc(NS(=O)(=O)Cc2ccc(F)cc2)c(=O)n1C(CCONC(=N)N)C(N)=O.O=C(O)C(F)(F)F. The number of alkyl halides is 3. The Morgan fingerprint density at radius 1 is 1.16 bits per heavy atom. The van der Waals surface area contributed by atoms with Crippen molar-refractivity contribution >= 4 is 33.5 Å². The van der Waals surface area contributed by atoms with E-state index < -0.39 is 57.2 Å². The van der Waals surface area contributed by atoms with E-state index in [0.29, 0.717) is 11.3 Å². The summed E-state index contributed by atoms with van der Waals surface area (Å²) in [6, 6.07) is 6.50. The molecule has 1 unspecified atom stereocenters. The molecule has 1 aromatic heterocycles. The number of primary amides is 1. The number of carbonyl (C=O) groups is 2. The van der Waals surface area contributed by atoms with E-state index in [1.54, 1.807) is 6.92 Å². The standard InChI is InChI=1S/C18H23FN6O5S.C2HF3O2/c1-11-2-7-14(24-31(28,29)10-12-3-5-13(19)6-4-12)17(27)25(11)15(16(20)26)8-9-30-23-18(21)22;3-2(4,5)1(6)7/h2-7,15,24H,8-10H2,1H3,(H2,20,26)(H4,21,22,23);(H,6,7). The van der Waals surface area contributed by atoms with Crippen LogP contribution in [0, 0.1) is 18.2 Å². The lowest BCUT2D eigenvalue weighted by atomic mass is 10.1. The summed E-state index contributed by atoms with van der Waals surface area (Å²) >= 11 is 0. The van der Waals surface area contributed by atoms with Gasteiger partial charge < -0.3 is 16.6 Å². The normalized spacial score (nSPS) is 12.0. The number of aliphatic carboxylic acids is 1. The molecule has 13 nitrogen and oxygen atoms in total. The van der Waals surface area contributed by atoms with Crippen molar-refractivity contribution < 1.29 is 45.5 Å². The lowest BCUT2D eigenvalue weighted by Gasteiger charge is -2.20. The quantitative estimate of drug-likeness (QED) is 0.0780. The van der Waals surface area contributed by atoms with Crippen molar-refractivity contribution in [3.05, 3.63) is 63.8 Å². The fraction of sp³-hybridized carbons (Fsp3) is 0.300. The Morgan fingerprint density at radius 3 is 2.18 bits per heavy atom. The van der Waals surface area contributed by atoms with Crippen LogP contribution in [0.5, 0.6) is 0 Å². The second-order valence-electron chi connectivity index (χ2n) is 7.43. The summed E-state index contributed by atoms with van der Waals surface area (Å²) in [6.07, 6.45) is -5.12. The van der Waals surface area contributed by atoms with Crippen LogP contribution < -0.4 is 27.2 Å². The number of benzene rings is 1. The molecular formula is C20H24F4N6O7S. The van der Waals surface area contributed by atoms with Gasteiger partial charge >= 0.3 is 12.1 Å². The largest absolute Gasteiger partial charge is 0.490 e. The van der Waals surface area contributed by atoms with Crippen molar-refractivity contribution in [1.29, 1.82) is 5.41 Å². The number of aryl methyl sites for hydroxylation is 1. The molecule has 2 rings (SSSR count). The van der Waals surface area contributed by atoms with Crippen LogP contribution in [-0.4, -0.2) is 48.7 Å². The fourth-order valence-electron chi connectivity index (χ4n) is 2.81. The Labute approximate surface area is 212 Å². The van der Waals surface area contributed by atoms with Crippen LogP contribution in [0.4, 0.5) is 23.2 Å². The number of pyridine rings is 1. The molecule has 0 aliphatic heterocycles. The van der Waals surface area contributed by atoms with Gasteiger partial charge in [-0.1, -0.05) is 12.1 Å². The van der Waals surface area contributed by atoms with Crippen molar-refractivity contribution in [2.45, 2.75) is 31.3 Å². The second kappa shape index (κ2) is 13.4. The van der Waals surface area contributed by atoms with E-state index in [2.05, 4.69) is 10.2 Å². The van der Waals surface area contributed by atoms with Gasteiger partial charge in [-0.15, -0.1) is 0 Å². The van der Waals surface area contributed by atoms with E-state index in [1.807, 2.05) is 0 Å². The topological polar surface area (TPSA) is 220 Å². The highest BCUT2D eigenvalue weighted by molar-refractivity contribution is 7.91. The predicted molar refractivity (Wildman–Crippen MR) is 126 cm³/mol. The summed E-state index contributed by atoms with van der Waals surface area (Å²) in [5.41, 5.74) is 12.3. The van der Waals surface area contributed by atoms with E-state index in [4.69, 9.17) is 31.6 Å². The summed E-state index contributed by atoms with van der Waals surface area (Å²) in [7, 11) is -4.00. The number of guanidine groups is 1. The van der Waals surface area contributed by atoms with Crippen LogP contribution >= 0.6 is 0 Å². The van der Waals surface area contributed by atoms with Gasteiger partial charge in [-0.05, 0) is 36.8 Å². The van der Waals surface area contributed by atoms with Crippen LogP contribution in [0.2, 0.25) is 0 Å². The number of carboxylic acids is 1. The van der Waals surface area contributed by atoms with Crippen LogP contribution in [0.3, 0.4) is 0 Å². The molecule has 1 amide bonds. The van der Waals surface area contributed by atoms with Gasteiger partial charge in [0.1, 0.15) is 17.5 Å². The molecule has 1 aromatic carbocycles. The Kier molecular flexibility index (Phi) is 11.2. The molecule has 38 heavy (non-hydrogen) atoms. The third-order valence-electron chi connectivity index (χ3n) is 4.41. The number of sulfonamides is 1. The molecule has 0 radical (unpaired) electrons. The number of nitrogens with zero attached hydrogens (tertiary/aromatic N) is 1. The number of amides is 1. The molecular weight excluding hydrogens is 544 g/mol. The number of halogens is 4. The molecule has 0 saturated heterocycles. The van der Waals surface area contributed by atoms with E-state index in [9.17, 15) is 35.6 Å². The fourth-order valence-corrected chi connectivity index (χ4v) is 4.01. The first-order chi connectivity index (χ1) is 17.4. The van der Waals surface area contributed by atoms with E-state index in [-0.39, 0.29) is 18.7 Å². The maximum absolute atomic E-state index is 13.0. The lowest BCUT2D eigenvalue weighted by Crippen LogP contribution is -2.38. The number of nitrogens with two attached hydrogens (primary N) is 2. The minimum absolute atomic E-state index is 0.0395. The van der Waals surface area contributed by atoms with Gasteiger partial charge in [0, 0.05) is 12.1 Å². The second-order valence-corrected chi connectivity index (χ2v) is 9.15. The first-order valence-electron chi connectivity index (χ1n) is 10.2. The molecule has 0 aliphatic carbocycles. The summed E-state index contributed by atoms with van der Waals surface area (Å²) in [5.74, 6) is -5.02. The molecule has 18 heteroatoms. The zero-order valence-electron chi connectivity index (χ0n) is 19.6. The van der Waals surface area contributed by atoms with Crippen molar-refractivity contribution in [2.24, 2.45) is 11.5 Å². The van der Waals surface area contributed by atoms with Gasteiger partial charge in [-0.2, -0.15) is 13.2 Å². The minimum atomic E-state index is -5.08. The Balaban J connectivity index is 0.000000905. The predicted octanol–water partition coefficient (Wildman–Crippen LogP) is 0.702. The Hall–Kier alpha value is -4.19. The molecule has 1 heterocycles. The highest BCUT2D eigenvalue weighted by Gasteiger charge is 2.38. The van der Waals surface area contributed by atoms with Crippen LogP contribution in [0.15, 0.2) is 41.2 Å². The summed E-state index contributed by atoms with van der Waals surface area (Å²) in [6.45, 7) is 1.45. The van der Waals surface area contributed by atoms with Crippen LogP contribution in [-0.2, 0) is 30.2 Å². The molecule has 210 valence electrons. The number of rotatable bonds is 10. The van der Waals surface area contributed by atoms with Gasteiger partial charge in [0.2, 0.25) is 21.9 Å². The molecule has 0 fully saturated rings. The molecule has 0 saturated carbocycles. The maximum Gasteiger partial charge on any atom is 0.490 e. The van der Waals surface area contributed by atoms with Crippen molar-refractivity contribution in [2.75, 3.05) is 11.3 Å². The van der Waals surface area contributed by atoms with Gasteiger partial charge in [-0.3, -0.25) is 29.1 Å². The van der Waals surface area contributed by atoms with Crippen molar-refractivity contribution in [3.8, 4) is 0 Å². The Morgan fingerprint density at radius 2 is 1.71 bits per heavy atom. The monoisotopic (exact) mass is 568 g/mol. The number of carbonyl (C=O) groups excluding carboxylic acids is 1. The lowest BCUT2D eigenvalue weighted by molar-refractivity contribution is -0.192. The van der Waals surface area contributed by atoms with Crippen molar-refractivity contribution in [3.63, 3.8) is 0 Å². The number of nitrogens with one attached hydrogen (secondary N) is 3. The van der Waals surface area contributed by atoms with Gasteiger partial charge in [0.05, 0.1) is 12.4 Å². The van der Waals surface area contributed by atoms with E-state index in [0.717, 1.165) is 16.7 Å². The summed E-state index contributed by atoms with van der Waals surface area (Å²) < 4.78 is 73.0. The first kappa shape index (κ1) is 31.8. The first-order valence-corrected chi connectivity index (χ1v) is 11.9. The van der Waals surface area contributed by atoms with Gasteiger partial charge in [0.25, 0.3) is 5.56 Å². The Bertz CT molecular complexity index is 1310. The average Bonchev–Trinajstić information content (AvgIpc) is 2.78. The molecule has 8 N–H and O–H groups in total. The summed E-state index contributed by atoms with van der Waals surface area (Å²) in [5, 5.41) is 14.1. The molecule has 1 atom stereocenters. The highest BCUT2D eigenvalue weighted by atomic mass is 32.2. The van der Waals surface area contributed by atoms with Crippen LogP contribution in [0.25, 0.3) is 0 Å². The minimum Gasteiger partial charge on any atom is -0.475 e. The number of carboxylic acid groups (broad SMARTS) is 1. The molecule has 0 bridgehead atoms. The number of hydrogen-bond donors (Lipinski definition) is 6. The molecule has 0 spiro atoms. The molecule has 0 aliphatic rings. The summed E-state index contributed by atoms with van der Waals surface area (Å²) in [4.78, 5) is 38.7. The van der Waals surface area contributed by atoms with E-state index >= 15 is 0 Å². The third-order valence-corrected chi connectivity index (χ3v) is 5.66. The zero-order valence-corrected chi connectivity index (χ0v) is 20.4. The van der Waals surface area contributed by atoms with E-state index in [1.165, 1.54) is 24.3 Å². The zero-order chi connectivity index (χ0) is 29.3. The van der Waals surface area contributed by atoms with Crippen molar-refractivity contribution in [1.82, 2.24) is 10.0 Å². The number of hydroxylamine groups is 1. The number of anilines is 1. The maximum atomic E-state index is 13.0. The molecule has 2 aromatic rings. The highest BCUT2D eigenvalue weighted by Crippen LogP contribution is 2.16. The van der Waals surface area contributed by atoms with Gasteiger partial charge in [-0.25, -0.2) is 23.1 Å². The van der Waals surface area contributed by atoms with Crippen LogP contribution in [0.1, 0.15) is 23.7 Å². The average molecular weight is 569 g/mol. The van der Waals surface area contributed by atoms with Gasteiger partial charge in [0.15, 0.2) is 0 Å². The third kappa shape index (κ3) is 10.4. The number of aromatic nitrogens is 1. The number of hydrogen-bond acceptors (Lipinski definition) is 7.